The Morgan fingerprint density at radius 3 is 2.62 bits per heavy atom. The van der Waals surface area contributed by atoms with Crippen LogP contribution < -0.4 is 0 Å². The van der Waals surface area contributed by atoms with Gasteiger partial charge in [0.1, 0.15) is 5.01 Å². The summed E-state index contributed by atoms with van der Waals surface area (Å²) in [4.78, 5) is 17.6. The monoisotopic (exact) mass is 308 g/mol. The normalized spacial score (nSPS) is 11.1. The van der Waals surface area contributed by atoms with Crippen molar-refractivity contribution in [1.29, 1.82) is 0 Å². The zero-order valence-electron chi connectivity index (χ0n) is 13.0. The van der Waals surface area contributed by atoms with Gasteiger partial charge in [-0.3, -0.25) is 0 Å². The molecule has 2 aromatic heterocycles. The second-order valence-electron chi connectivity index (χ2n) is 5.11. The van der Waals surface area contributed by atoms with E-state index in [4.69, 9.17) is 4.74 Å². The molecule has 0 spiro atoms. The highest BCUT2D eigenvalue weighted by Gasteiger charge is 2.23. The predicted octanol–water partition coefficient (Wildman–Crippen LogP) is 2.70. The number of carbonyl (C=O) groups is 1. The van der Waals surface area contributed by atoms with Crippen molar-refractivity contribution in [3.63, 3.8) is 0 Å². The molecule has 6 nitrogen and oxygen atoms in total. The van der Waals surface area contributed by atoms with Gasteiger partial charge in [0.2, 0.25) is 0 Å². The van der Waals surface area contributed by atoms with Crippen LogP contribution in [0.2, 0.25) is 0 Å². The molecule has 0 unspecified atom stereocenters. The SMILES string of the molecule is CCOC(=O)c1nnn(Cc2nc(C)c(C)s2)c1C(C)C. The Balaban J connectivity index is 2.33. The van der Waals surface area contributed by atoms with Gasteiger partial charge >= 0.3 is 5.97 Å². The number of hydrogen-bond donors (Lipinski definition) is 0. The number of rotatable bonds is 5. The maximum absolute atomic E-state index is 11.9. The first kappa shape index (κ1) is 15.6. The first-order valence-corrected chi connectivity index (χ1v) is 7.79. The lowest BCUT2D eigenvalue weighted by atomic mass is 10.1. The number of hydrogen-bond acceptors (Lipinski definition) is 6. The Morgan fingerprint density at radius 1 is 1.38 bits per heavy atom. The molecule has 2 heterocycles. The molecule has 0 atom stereocenters. The van der Waals surface area contributed by atoms with E-state index in [1.807, 2.05) is 27.7 Å². The fraction of sp³-hybridized carbons (Fsp3) is 0.571. The van der Waals surface area contributed by atoms with E-state index < -0.39 is 5.97 Å². The van der Waals surface area contributed by atoms with Crippen LogP contribution in [-0.4, -0.2) is 32.6 Å². The van der Waals surface area contributed by atoms with Crippen molar-refractivity contribution < 1.29 is 9.53 Å². The molecule has 0 aromatic carbocycles. The van der Waals surface area contributed by atoms with Crippen molar-refractivity contribution in [2.45, 2.75) is 47.1 Å². The quantitative estimate of drug-likeness (QED) is 0.794. The van der Waals surface area contributed by atoms with E-state index in [2.05, 4.69) is 15.3 Å². The van der Waals surface area contributed by atoms with Gasteiger partial charge in [0.15, 0.2) is 5.69 Å². The van der Waals surface area contributed by atoms with Gasteiger partial charge in [-0.2, -0.15) is 0 Å². The highest BCUT2D eigenvalue weighted by Crippen LogP contribution is 2.22. The van der Waals surface area contributed by atoms with E-state index in [-0.39, 0.29) is 5.92 Å². The first-order valence-electron chi connectivity index (χ1n) is 6.97. The summed E-state index contributed by atoms with van der Waals surface area (Å²) < 4.78 is 6.78. The van der Waals surface area contributed by atoms with Crippen molar-refractivity contribution in [3.8, 4) is 0 Å². The fourth-order valence-electron chi connectivity index (χ4n) is 2.09. The number of esters is 1. The maximum atomic E-state index is 11.9. The summed E-state index contributed by atoms with van der Waals surface area (Å²) in [6.45, 7) is 10.7. The summed E-state index contributed by atoms with van der Waals surface area (Å²) in [6, 6.07) is 0. The van der Waals surface area contributed by atoms with E-state index in [0.717, 1.165) is 16.4 Å². The predicted molar refractivity (Wildman–Crippen MR) is 80.8 cm³/mol. The molecule has 0 aliphatic rings. The van der Waals surface area contributed by atoms with Crippen molar-refractivity contribution in [3.05, 3.63) is 27.0 Å². The largest absolute Gasteiger partial charge is 0.461 e. The molecule has 2 aromatic rings. The van der Waals surface area contributed by atoms with E-state index >= 15 is 0 Å². The van der Waals surface area contributed by atoms with Crippen molar-refractivity contribution >= 4 is 17.3 Å². The Morgan fingerprint density at radius 2 is 2.10 bits per heavy atom. The molecule has 0 radical (unpaired) electrons. The lowest BCUT2D eigenvalue weighted by Crippen LogP contribution is -2.12. The lowest BCUT2D eigenvalue weighted by Gasteiger charge is -2.09. The van der Waals surface area contributed by atoms with Gasteiger partial charge in [-0.15, -0.1) is 16.4 Å². The van der Waals surface area contributed by atoms with Crippen molar-refractivity contribution in [1.82, 2.24) is 20.0 Å². The minimum atomic E-state index is -0.418. The highest BCUT2D eigenvalue weighted by molar-refractivity contribution is 7.11. The molecule has 0 N–H and O–H groups in total. The van der Waals surface area contributed by atoms with E-state index in [1.165, 1.54) is 4.88 Å². The third-order valence-corrected chi connectivity index (χ3v) is 4.20. The first-order chi connectivity index (χ1) is 9.93. The number of ether oxygens (including phenoxy) is 1. The van der Waals surface area contributed by atoms with Gasteiger partial charge in [0.25, 0.3) is 0 Å². The van der Waals surface area contributed by atoms with Crippen LogP contribution in [0.15, 0.2) is 0 Å². The van der Waals surface area contributed by atoms with E-state index in [9.17, 15) is 4.79 Å². The van der Waals surface area contributed by atoms with Crippen LogP contribution in [0, 0.1) is 13.8 Å². The minimum Gasteiger partial charge on any atom is -0.461 e. The molecule has 114 valence electrons. The molecule has 21 heavy (non-hydrogen) atoms. The van der Waals surface area contributed by atoms with Crippen LogP contribution in [-0.2, 0) is 11.3 Å². The van der Waals surface area contributed by atoms with Crippen molar-refractivity contribution in [2.75, 3.05) is 6.61 Å². The van der Waals surface area contributed by atoms with Gasteiger partial charge in [0, 0.05) is 4.88 Å². The lowest BCUT2D eigenvalue weighted by molar-refractivity contribution is 0.0517. The molecular formula is C14H20N4O2S. The molecular weight excluding hydrogens is 288 g/mol. The summed E-state index contributed by atoms with van der Waals surface area (Å²) in [5, 5.41) is 9.07. The minimum absolute atomic E-state index is 0.126. The van der Waals surface area contributed by atoms with Crippen LogP contribution in [0.5, 0.6) is 0 Å². The van der Waals surface area contributed by atoms with Crippen LogP contribution in [0.1, 0.15) is 58.5 Å². The Bertz CT molecular complexity index is 626. The molecule has 0 saturated heterocycles. The fourth-order valence-corrected chi connectivity index (χ4v) is 3.00. The number of thiazole rings is 1. The Labute approximate surface area is 128 Å². The standard InChI is InChI=1S/C14H20N4O2S/c1-6-20-14(19)12-13(8(2)3)18(17-16-12)7-11-15-9(4)10(5)21-11/h8H,6-7H2,1-5H3. The summed E-state index contributed by atoms with van der Waals surface area (Å²) >= 11 is 1.64. The van der Waals surface area contributed by atoms with Gasteiger partial charge < -0.3 is 4.74 Å². The van der Waals surface area contributed by atoms with Crippen LogP contribution >= 0.6 is 11.3 Å². The van der Waals surface area contributed by atoms with E-state index in [0.29, 0.717) is 18.8 Å². The molecule has 2 rings (SSSR count). The summed E-state index contributed by atoms with van der Waals surface area (Å²) in [7, 11) is 0. The zero-order chi connectivity index (χ0) is 15.6. The second kappa shape index (κ2) is 6.34. The third kappa shape index (κ3) is 3.29. The summed E-state index contributed by atoms with van der Waals surface area (Å²) in [6.07, 6.45) is 0. The molecule has 0 amide bonds. The average molecular weight is 308 g/mol. The average Bonchev–Trinajstić information content (AvgIpc) is 2.95. The summed E-state index contributed by atoms with van der Waals surface area (Å²) in [5.74, 6) is -0.291. The molecule has 0 aliphatic heterocycles. The van der Waals surface area contributed by atoms with Gasteiger partial charge in [-0.1, -0.05) is 19.1 Å². The number of carbonyl (C=O) groups excluding carboxylic acids is 1. The van der Waals surface area contributed by atoms with Gasteiger partial charge in [0.05, 0.1) is 24.5 Å². The number of nitrogens with zero attached hydrogens (tertiary/aromatic N) is 4. The smallest absolute Gasteiger partial charge is 0.360 e. The Kier molecular flexibility index (Phi) is 4.72. The van der Waals surface area contributed by atoms with Crippen LogP contribution in [0.4, 0.5) is 0 Å². The molecule has 0 fully saturated rings. The number of aryl methyl sites for hydroxylation is 2. The second-order valence-corrected chi connectivity index (χ2v) is 6.39. The van der Waals surface area contributed by atoms with E-state index in [1.54, 1.807) is 22.9 Å². The third-order valence-electron chi connectivity index (χ3n) is 3.15. The van der Waals surface area contributed by atoms with Crippen LogP contribution in [0.3, 0.4) is 0 Å². The van der Waals surface area contributed by atoms with Gasteiger partial charge in [-0.25, -0.2) is 14.5 Å². The highest BCUT2D eigenvalue weighted by atomic mass is 32.1. The van der Waals surface area contributed by atoms with Crippen LogP contribution in [0.25, 0.3) is 0 Å². The molecule has 0 saturated carbocycles. The zero-order valence-corrected chi connectivity index (χ0v) is 13.8. The Hall–Kier alpha value is -1.76. The summed E-state index contributed by atoms with van der Waals surface area (Å²) in [5.41, 5.74) is 2.13. The molecule has 0 aliphatic carbocycles. The topological polar surface area (TPSA) is 69.9 Å². The molecule has 0 bridgehead atoms. The van der Waals surface area contributed by atoms with Crippen molar-refractivity contribution in [2.24, 2.45) is 0 Å². The van der Waals surface area contributed by atoms with Gasteiger partial charge in [-0.05, 0) is 26.7 Å². The maximum Gasteiger partial charge on any atom is 0.360 e. The number of aromatic nitrogens is 4. The molecule has 7 heteroatoms.